The molecule has 2 aromatic heterocycles. The first-order chi connectivity index (χ1) is 14.0. The third kappa shape index (κ3) is 4.07. The molecule has 1 amide bonds. The quantitative estimate of drug-likeness (QED) is 0.392. The smallest absolute Gasteiger partial charge is 0.262 e. The molecule has 2 N–H and O–H groups in total. The van der Waals surface area contributed by atoms with E-state index in [4.69, 9.17) is 0 Å². The first-order valence-electron chi connectivity index (χ1n) is 9.04. The number of nitrogens with one attached hydrogen (secondary N) is 2. The summed E-state index contributed by atoms with van der Waals surface area (Å²) >= 11 is 1.17. The number of benzene rings is 2. The van der Waals surface area contributed by atoms with Gasteiger partial charge in [0.2, 0.25) is 5.91 Å². The maximum Gasteiger partial charge on any atom is 0.262 e. The maximum atomic E-state index is 12.4. The monoisotopic (exact) mass is 405 g/mol. The first-order valence-corrected chi connectivity index (χ1v) is 10.0. The molecule has 0 aliphatic carbocycles. The van der Waals surface area contributed by atoms with Crippen LogP contribution in [0.3, 0.4) is 0 Å². The Balaban J connectivity index is 1.54. The van der Waals surface area contributed by atoms with Crippen LogP contribution in [0.2, 0.25) is 0 Å². The molecule has 0 fully saturated rings. The summed E-state index contributed by atoms with van der Waals surface area (Å²) < 4.78 is 1.62. The fraction of sp³-hybridized carbons (Fsp3) is 0.143. The number of hydrogen-bond acceptors (Lipinski definition) is 5. The van der Waals surface area contributed by atoms with Crippen LogP contribution in [-0.4, -0.2) is 31.4 Å². The van der Waals surface area contributed by atoms with Gasteiger partial charge >= 0.3 is 0 Å². The minimum atomic E-state index is -0.283. The number of amides is 1. The lowest BCUT2D eigenvalue weighted by atomic mass is 10.1. The maximum absolute atomic E-state index is 12.4. The van der Waals surface area contributed by atoms with E-state index >= 15 is 0 Å². The second-order valence-electron chi connectivity index (χ2n) is 6.66. The average molecular weight is 405 g/mol. The number of carbonyl (C=O) groups excluding carboxylic acids is 1. The second kappa shape index (κ2) is 7.92. The highest BCUT2D eigenvalue weighted by Gasteiger charge is 2.13. The van der Waals surface area contributed by atoms with Gasteiger partial charge in [-0.3, -0.25) is 9.59 Å². The van der Waals surface area contributed by atoms with Gasteiger partial charge in [-0.15, -0.1) is 0 Å². The molecule has 0 bridgehead atoms. The topological polar surface area (TPSA) is 92.7 Å². The van der Waals surface area contributed by atoms with Gasteiger partial charge in [0.15, 0.2) is 10.8 Å². The fourth-order valence-corrected chi connectivity index (χ4v) is 3.65. The van der Waals surface area contributed by atoms with Crippen molar-refractivity contribution in [2.45, 2.75) is 19.0 Å². The van der Waals surface area contributed by atoms with Crippen LogP contribution >= 0.6 is 11.8 Å². The SMILES string of the molecule is Cc1ccc(NC(=O)CSc2nc3c(cnn3-c3ccccc3)c(=O)[nH]2)c(C)c1. The molecule has 0 aliphatic rings. The Morgan fingerprint density at radius 2 is 1.97 bits per heavy atom. The van der Waals surface area contributed by atoms with Gasteiger partial charge in [0.25, 0.3) is 5.56 Å². The third-order valence-electron chi connectivity index (χ3n) is 4.41. The van der Waals surface area contributed by atoms with Crippen molar-refractivity contribution in [3.8, 4) is 5.69 Å². The van der Waals surface area contributed by atoms with Crippen LogP contribution in [0.1, 0.15) is 11.1 Å². The number of rotatable bonds is 5. The van der Waals surface area contributed by atoms with Crippen LogP contribution in [0.25, 0.3) is 16.7 Å². The minimum Gasteiger partial charge on any atom is -0.325 e. The van der Waals surface area contributed by atoms with E-state index in [2.05, 4.69) is 20.4 Å². The van der Waals surface area contributed by atoms with E-state index in [0.29, 0.717) is 16.2 Å². The Bertz CT molecular complexity index is 1250. The van der Waals surface area contributed by atoms with Gasteiger partial charge in [0.05, 0.1) is 17.6 Å². The van der Waals surface area contributed by atoms with E-state index < -0.39 is 0 Å². The zero-order valence-electron chi connectivity index (χ0n) is 16.0. The Kier molecular flexibility index (Phi) is 5.18. The normalized spacial score (nSPS) is 11.0. The van der Waals surface area contributed by atoms with Gasteiger partial charge in [0.1, 0.15) is 5.39 Å². The molecule has 0 aliphatic heterocycles. The van der Waals surface area contributed by atoms with Crippen LogP contribution in [0.4, 0.5) is 5.69 Å². The van der Waals surface area contributed by atoms with Crippen molar-refractivity contribution in [3.63, 3.8) is 0 Å². The summed E-state index contributed by atoms with van der Waals surface area (Å²) in [4.78, 5) is 32.0. The van der Waals surface area contributed by atoms with Crippen LogP contribution in [0.15, 0.2) is 64.7 Å². The molecule has 4 aromatic rings. The average Bonchev–Trinajstić information content (AvgIpc) is 3.14. The number of nitrogens with zero attached hydrogens (tertiary/aromatic N) is 3. The molecule has 0 saturated heterocycles. The van der Waals surface area contributed by atoms with Gasteiger partial charge in [-0.25, -0.2) is 9.67 Å². The van der Waals surface area contributed by atoms with E-state index in [1.807, 2.05) is 62.4 Å². The number of carbonyl (C=O) groups is 1. The number of fused-ring (bicyclic) bond motifs is 1. The lowest BCUT2D eigenvalue weighted by Gasteiger charge is -2.09. The predicted octanol–water partition coefficient (Wildman–Crippen LogP) is 3.46. The van der Waals surface area contributed by atoms with Crippen molar-refractivity contribution in [2.75, 3.05) is 11.1 Å². The van der Waals surface area contributed by atoms with Gasteiger partial charge in [0, 0.05) is 5.69 Å². The Morgan fingerprint density at radius 1 is 1.17 bits per heavy atom. The van der Waals surface area contributed by atoms with E-state index in [0.717, 1.165) is 22.5 Å². The number of aromatic amines is 1. The van der Waals surface area contributed by atoms with E-state index in [9.17, 15) is 9.59 Å². The van der Waals surface area contributed by atoms with Crippen LogP contribution in [-0.2, 0) is 4.79 Å². The third-order valence-corrected chi connectivity index (χ3v) is 5.29. The molecule has 0 atom stereocenters. The van der Waals surface area contributed by atoms with Gasteiger partial charge in [-0.05, 0) is 37.6 Å². The number of hydrogen-bond donors (Lipinski definition) is 2. The first kappa shape index (κ1) is 18.9. The van der Waals surface area contributed by atoms with E-state index in [-0.39, 0.29) is 17.2 Å². The van der Waals surface area contributed by atoms with Crippen LogP contribution in [0, 0.1) is 13.8 Å². The highest BCUT2D eigenvalue weighted by atomic mass is 32.2. The zero-order valence-corrected chi connectivity index (χ0v) is 16.8. The standard InChI is InChI=1S/C21H19N5O2S/c1-13-8-9-17(14(2)10-13)23-18(27)12-29-21-24-19-16(20(28)25-21)11-22-26(19)15-6-4-3-5-7-15/h3-11H,12H2,1-2H3,(H,23,27)(H,24,25,28). The van der Waals surface area contributed by atoms with Crippen molar-refractivity contribution in [3.05, 3.63) is 76.2 Å². The molecular weight excluding hydrogens is 386 g/mol. The highest BCUT2D eigenvalue weighted by Crippen LogP contribution is 2.19. The summed E-state index contributed by atoms with van der Waals surface area (Å²) in [5.41, 5.74) is 3.90. The van der Waals surface area contributed by atoms with Gasteiger partial charge in [-0.2, -0.15) is 5.10 Å². The van der Waals surface area contributed by atoms with Crippen molar-refractivity contribution in [2.24, 2.45) is 0 Å². The van der Waals surface area contributed by atoms with Crippen molar-refractivity contribution in [1.82, 2.24) is 19.7 Å². The fourth-order valence-electron chi connectivity index (χ4n) is 3.00. The molecule has 4 rings (SSSR count). The number of thioether (sulfide) groups is 1. The molecule has 0 unspecified atom stereocenters. The van der Waals surface area contributed by atoms with Crippen LogP contribution in [0.5, 0.6) is 0 Å². The summed E-state index contributed by atoms with van der Waals surface area (Å²) in [6.07, 6.45) is 1.50. The Labute approximate surface area is 171 Å². The summed E-state index contributed by atoms with van der Waals surface area (Å²) in [7, 11) is 0. The van der Waals surface area contributed by atoms with Gasteiger partial charge in [-0.1, -0.05) is 47.7 Å². The molecule has 7 nitrogen and oxygen atoms in total. The van der Waals surface area contributed by atoms with Crippen molar-refractivity contribution >= 4 is 34.4 Å². The molecular formula is C21H19N5O2S. The number of para-hydroxylation sites is 1. The van der Waals surface area contributed by atoms with E-state index in [1.165, 1.54) is 18.0 Å². The van der Waals surface area contributed by atoms with Crippen molar-refractivity contribution < 1.29 is 4.79 Å². The largest absolute Gasteiger partial charge is 0.325 e. The summed E-state index contributed by atoms with van der Waals surface area (Å²) in [5.74, 6) is -0.0393. The summed E-state index contributed by atoms with van der Waals surface area (Å²) in [5, 5.41) is 7.95. The lowest BCUT2D eigenvalue weighted by Crippen LogP contribution is -2.16. The highest BCUT2D eigenvalue weighted by molar-refractivity contribution is 7.99. The number of aryl methyl sites for hydroxylation is 2. The van der Waals surface area contributed by atoms with Crippen molar-refractivity contribution in [1.29, 1.82) is 0 Å². The molecule has 0 saturated carbocycles. The Hall–Kier alpha value is -3.39. The van der Waals surface area contributed by atoms with Crippen LogP contribution < -0.4 is 10.9 Å². The molecule has 2 aromatic carbocycles. The number of aromatic nitrogens is 4. The molecule has 146 valence electrons. The number of anilines is 1. The molecule has 8 heteroatoms. The second-order valence-corrected chi connectivity index (χ2v) is 7.62. The predicted molar refractivity (Wildman–Crippen MR) is 115 cm³/mol. The van der Waals surface area contributed by atoms with Gasteiger partial charge < -0.3 is 10.3 Å². The minimum absolute atomic E-state index is 0.126. The number of H-pyrrole nitrogens is 1. The molecule has 0 radical (unpaired) electrons. The lowest BCUT2D eigenvalue weighted by molar-refractivity contribution is -0.113. The molecule has 2 heterocycles. The summed E-state index contributed by atoms with van der Waals surface area (Å²) in [6.45, 7) is 3.96. The summed E-state index contributed by atoms with van der Waals surface area (Å²) in [6, 6.07) is 15.3. The molecule has 29 heavy (non-hydrogen) atoms. The molecule has 0 spiro atoms. The Morgan fingerprint density at radius 3 is 2.72 bits per heavy atom. The van der Waals surface area contributed by atoms with E-state index in [1.54, 1.807) is 4.68 Å². The zero-order chi connectivity index (χ0) is 20.4.